The van der Waals surface area contributed by atoms with Gasteiger partial charge in [0.25, 0.3) is 0 Å². The molecule has 0 amide bonds. The molecule has 0 rings (SSSR count). The van der Waals surface area contributed by atoms with E-state index in [1.165, 1.54) is 13.8 Å². The molecule has 0 aliphatic heterocycles. The van der Waals surface area contributed by atoms with Gasteiger partial charge in [0.05, 0.1) is 6.61 Å². The van der Waals surface area contributed by atoms with Crippen molar-refractivity contribution in [2.45, 2.75) is 37.7 Å². The molecule has 1 atom stereocenters. The van der Waals surface area contributed by atoms with Gasteiger partial charge in [0.1, 0.15) is 0 Å². The van der Waals surface area contributed by atoms with E-state index in [0.717, 1.165) is 6.08 Å². The monoisotopic (exact) mass is 303 g/mol. The number of sulfonamides is 1. The Bertz CT molecular complexity index is 433. The lowest BCUT2D eigenvalue weighted by molar-refractivity contribution is -0.138. The van der Waals surface area contributed by atoms with E-state index in [4.69, 9.17) is 0 Å². The third-order valence-corrected chi connectivity index (χ3v) is 3.90. The van der Waals surface area contributed by atoms with Crippen molar-refractivity contribution < 1.29 is 31.1 Å². The molecule has 0 aromatic rings. The van der Waals surface area contributed by atoms with E-state index in [1.54, 1.807) is 4.72 Å². The molecule has 0 aromatic heterocycles. The smallest absolute Gasteiger partial charge is 0.462 e. The van der Waals surface area contributed by atoms with Crippen LogP contribution in [0.1, 0.15) is 26.7 Å². The highest BCUT2D eigenvalue weighted by molar-refractivity contribution is 7.90. The van der Waals surface area contributed by atoms with Gasteiger partial charge in [-0.15, -0.1) is 0 Å². The van der Waals surface area contributed by atoms with Gasteiger partial charge >= 0.3 is 21.5 Å². The Kier molecular flexibility index (Phi) is 6.01. The average Bonchev–Trinajstić information content (AvgIpc) is 2.26. The van der Waals surface area contributed by atoms with E-state index in [0.29, 0.717) is 0 Å². The van der Waals surface area contributed by atoms with Gasteiger partial charge < -0.3 is 4.74 Å². The van der Waals surface area contributed by atoms with E-state index in [9.17, 15) is 26.4 Å². The summed E-state index contributed by atoms with van der Waals surface area (Å²) in [5, 5.41) is 0. The number of rotatable bonds is 7. The SMILES string of the molecule is C=CC(=O)OCCC(C)(CC)NS(=O)(=O)C(F)(F)F. The molecule has 5 nitrogen and oxygen atoms in total. The summed E-state index contributed by atoms with van der Waals surface area (Å²) in [6.07, 6.45) is 0.926. The van der Waals surface area contributed by atoms with Crippen molar-refractivity contribution in [1.29, 1.82) is 0 Å². The minimum atomic E-state index is -5.43. The fraction of sp³-hybridized carbons (Fsp3) is 0.700. The van der Waals surface area contributed by atoms with E-state index in [-0.39, 0.29) is 19.4 Å². The van der Waals surface area contributed by atoms with Crippen LogP contribution in [0.15, 0.2) is 12.7 Å². The number of hydrogen-bond donors (Lipinski definition) is 1. The molecule has 0 saturated heterocycles. The normalized spacial score (nSPS) is 15.6. The van der Waals surface area contributed by atoms with Crippen LogP contribution in [0, 0.1) is 0 Å². The van der Waals surface area contributed by atoms with Crippen molar-refractivity contribution in [2.24, 2.45) is 0 Å². The van der Waals surface area contributed by atoms with E-state index < -0.39 is 27.0 Å². The van der Waals surface area contributed by atoms with Gasteiger partial charge in [-0.25, -0.2) is 17.9 Å². The molecule has 9 heteroatoms. The first kappa shape index (κ1) is 17.9. The second kappa shape index (κ2) is 6.38. The average molecular weight is 303 g/mol. The van der Waals surface area contributed by atoms with Crippen LogP contribution in [0.2, 0.25) is 0 Å². The molecule has 0 heterocycles. The highest BCUT2D eigenvalue weighted by Gasteiger charge is 2.48. The fourth-order valence-corrected chi connectivity index (χ4v) is 2.13. The minimum Gasteiger partial charge on any atom is -0.462 e. The van der Waals surface area contributed by atoms with Gasteiger partial charge in [-0.3, -0.25) is 0 Å². The Morgan fingerprint density at radius 1 is 1.42 bits per heavy atom. The fourth-order valence-electron chi connectivity index (χ4n) is 1.12. The maximum Gasteiger partial charge on any atom is 0.511 e. The lowest BCUT2D eigenvalue weighted by Crippen LogP contribution is -2.50. The van der Waals surface area contributed by atoms with Crippen LogP contribution in [0.5, 0.6) is 0 Å². The highest BCUT2D eigenvalue weighted by atomic mass is 32.2. The number of nitrogens with one attached hydrogen (secondary N) is 1. The molecule has 0 aliphatic rings. The quantitative estimate of drug-likeness (QED) is 0.574. The van der Waals surface area contributed by atoms with Crippen molar-refractivity contribution in [1.82, 2.24) is 4.72 Å². The van der Waals surface area contributed by atoms with Crippen LogP contribution in [0.3, 0.4) is 0 Å². The summed E-state index contributed by atoms with van der Waals surface area (Å²) in [4.78, 5) is 10.8. The summed E-state index contributed by atoms with van der Waals surface area (Å²) < 4.78 is 65.0. The molecule has 112 valence electrons. The predicted molar refractivity (Wildman–Crippen MR) is 62.6 cm³/mol. The molecule has 0 fully saturated rings. The topological polar surface area (TPSA) is 72.5 Å². The number of carbonyl (C=O) groups excluding carboxylic acids is 1. The van der Waals surface area contributed by atoms with Crippen LogP contribution in [0.4, 0.5) is 13.2 Å². The van der Waals surface area contributed by atoms with Crippen LogP contribution in [0.25, 0.3) is 0 Å². The van der Waals surface area contributed by atoms with Crippen molar-refractivity contribution in [3.63, 3.8) is 0 Å². The van der Waals surface area contributed by atoms with Gasteiger partial charge in [0.15, 0.2) is 0 Å². The van der Waals surface area contributed by atoms with E-state index in [1.807, 2.05) is 0 Å². The number of hydrogen-bond acceptors (Lipinski definition) is 4. The summed E-state index contributed by atoms with van der Waals surface area (Å²) in [7, 11) is -5.43. The van der Waals surface area contributed by atoms with Crippen LogP contribution in [-0.2, 0) is 19.6 Å². The Labute approximate surface area is 109 Å². The molecule has 0 radical (unpaired) electrons. The second-order valence-corrected chi connectivity index (χ2v) is 5.76. The van der Waals surface area contributed by atoms with Crippen molar-refractivity contribution in [3.05, 3.63) is 12.7 Å². The first-order valence-electron chi connectivity index (χ1n) is 5.37. The first-order valence-corrected chi connectivity index (χ1v) is 6.85. The summed E-state index contributed by atoms with van der Waals surface area (Å²) in [6, 6.07) is 0. The Hall–Kier alpha value is -1.09. The number of carbonyl (C=O) groups is 1. The largest absolute Gasteiger partial charge is 0.511 e. The summed E-state index contributed by atoms with van der Waals surface area (Å²) in [5.41, 5.74) is -6.73. The maximum absolute atomic E-state index is 12.3. The highest BCUT2D eigenvalue weighted by Crippen LogP contribution is 2.26. The zero-order valence-corrected chi connectivity index (χ0v) is 11.4. The van der Waals surface area contributed by atoms with E-state index >= 15 is 0 Å². The molecular formula is C10H16F3NO4S. The zero-order chi connectivity index (χ0) is 15.3. The number of ether oxygens (including phenoxy) is 1. The molecule has 0 spiro atoms. The van der Waals surface area contributed by atoms with Gasteiger partial charge in [-0.05, 0) is 13.3 Å². The number of halogens is 3. The predicted octanol–water partition coefficient (Wildman–Crippen LogP) is 1.71. The lowest BCUT2D eigenvalue weighted by Gasteiger charge is -2.29. The van der Waals surface area contributed by atoms with E-state index in [2.05, 4.69) is 11.3 Å². The molecule has 1 N–H and O–H groups in total. The van der Waals surface area contributed by atoms with Crippen molar-refractivity contribution >= 4 is 16.0 Å². The molecule has 0 saturated carbocycles. The molecule has 1 unspecified atom stereocenters. The Morgan fingerprint density at radius 3 is 2.32 bits per heavy atom. The minimum absolute atomic E-state index is 0.0849. The summed E-state index contributed by atoms with van der Waals surface area (Å²) in [5.74, 6) is -0.725. The standard InChI is InChI=1S/C10H16F3NO4S/c1-4-8(15)18-7-6-9(3,5-2)14-19(16,17)10(11,12)13/h4,14H,1,5-7H2,2-3H3. The number of alkyl halides is 3. The molecule has 0 aliphatic carbocycles. The van der Waals surface area contributed by atoms with Gasteiger partial charge in [0, 0.05) is 18.0 Å². The van der Waals surface area contributed by atoms with Crippen LogP contribution in [-0.4, -0.2) is 32.0 Å². The number of esters is 1. The lowest BCUT2D eigenvalue weighted by atomic mass is 9.97. The molecule has 19 heavy (non-hydrogen) atoms. The van der Waals surface area contributed by atoms with Gasteiger partial charge in [-0.1, -0.05) is 13.5 Å². The van der Waals surface area contributed by atoms with Crippen molar-refractivity contribution in [3.8, 4) is 0 Å². The molecule has 0 bridgehead atoms. The third kappa shape index (κ3) is 5.60. The van der Waals surface area contributed by atoms with Gasteiger partial charge in [-0.2, -0.15) is 13.2 Å². The zero-order valence-electron chi connectivity index (χ0n) is 10.6. The Balaban J connectivity index is 4.71. The molecule has 0 aromatic carbocycles. The summed E-state index contributed by atoms with van der Waals surface area (Å²) >= 11 is 0. The van der Waals surface area contributed by atoms with Gasteiger partial charge in [0.2, 0.25) is 0 Å². The van der Waals surface area contributed by atoms with Crippen molar-refractivity contribution in [2.75, 3.05) is 6.61 Å². The summed E-state index contributed by atoms with van der Waals surface area (Å²) in [6.45, 7) is 5.77. The maximum atomic E-state index is 12.3. The third-order valence-electron chi connectivity index (χ3n) is 2.53. The first-order chi connectivity index (χ1) is 8.47. The van der Waals surface area contributed by atoms with Crippen LogP contribution >= 0.6 is 0 Å². The second-order valence-electron chi connectivity index (χ2n) is 4.09. The molecular weight excluding hydrogens is 287 g/mol. The van der Waals surface area contributed by atoms with Crippen LogP contribution < -0.4 is 4.72 Å². The Morgan fingerprint density at radius 2 is 1.95 bits per heavy atom.